The Bertz CT molecular complexity index is 1210. The van der Waals surface area contributed by atoms with E-state index in [2.05, 4.69) is 68.9 Å². The molecule has 7 heteroatoms. The lowest BCUT2D eigenvalue weighted by Gasteiger charge is -2.24. The third kappa shape index (κ3) is 3.42. The van der Waals surface area contributed by atoms with Gasteiger partial charge in [0.2, 0.25) is 0 Å². The summed E-state index contributed by atoms with van der Waals surface area (Å²) in [6, 6.07) is 14.7. The third-order valence-corrected chi connectivity index (χ3v) is 6.61. The molecule has 0 radical (unpaired) electrons. The maximum Gasteiger partial charge on any atom is 0.130 e. The number of nitrogens with two attached hydrogens (primary N) is 2. The highest BCUT2D eigenvalue weighted by molar-refractivity contribution is 8.09. The summed E-state index contributed by atoms with van der Waals surface area (Å²) >= 11 is 1.67. The number of fused-ring (bicyclic) bond motifs is 2. The summed E-state index contributed by atoms with van der Waals surface area (Å²) in [5, 5.41) is 9.72. The molecule has 0 amide bonds. The molecular formula is C22H24N6S. The van der Waals surface area contributed by atoms with Gasteiger partial charge in [-0.2, -0.15) is 5.10 Å². The summed E-state index contributed by atoms with van der Waals surface area (Å²) in [6.45, 7) is 2.73. The molecule has 2 aromatic heterocycles. The van der Waals surface area contributed by atoms with E-state index in [0.29, 0.717) is 6.54 Å². The van der Waals surface area contributed by atoms with Gasteiger partial charge in [0.05, 0.1) is 11.2 Å². The summed E-state index contributed by atoms with van der Waals surface area (Å²) in [5.74, 6) is 0. The van der Waals surface area contributed by atoms with Crippen LogP contribution in [0.3, 0.4) is 0 Å². The topological polar surface area (TPSA) is 99.7 Å². The van der Waals surface area contributed by atoms with Gasteiger partial charge in [-0.15, -0.1) is 0 Å². The van der Waals surface area contributed by atoms with E-state index < -0.39 is 0 Å². The zero-order valence-corrected chi connectivity index (χ0v) is 17.0. The fourth-order valence-electron chi connectivity index (χ4n) is 3.97. The summed E-state index contributed by atoms with van der Waals surface area (Å²) in [6.07, 6.45) is 5.01. The fourth-order valence-corrected chi connectivity index (χ4v) is 4.97. The van der Waals surface area contributed by atoms with Crippen LogP contribution in [0, 0.1) is 6.92 Å². The van der Waals surface area contributed by atoms with Gasteiger partial charge < -0.3 is 21.4 Å². The number of thioether (sulfide) groups is 1. The largest absolute Gasteiger partial charge is 0.361 e. The summed E-state index contributed by atoms with van der Waals surface area (Å²) < 4.78 is 0. The first-order valence-corrected chi connectivity index (χ1v) is 10.6. The van der Waals surface area contributed by atoms with Crippen molar-refractivity contribution in [1.82, 2.24) is 20.1 Å². The molecule has 2 aromatic carbocycles. The molecule has 29 heavy (non-hydrogen) atoms. The molecule has 4 aromatic rings. The molecule has 0 bridgehead atoms. The van der Waals surface area contributed by atoms with E-state index in [-0.39, 0.29) is 11.5 Å². The Morgan fingerprint density at radius 2 is 2.03 bits per heavy atom. The Balaban J connectivity index is 1.32. The van der Waals surface area contributed by atoms with Crippen LogP contribution in [0.2, 0.25) is 0 Å². The van der Waals surface area contributed by atoms with Crippen LogP contribution in [-0.2, 0) is 6.42 Å². The third-order valence-electron chi connectivity index (χ3n) is 5.50. The number of hydrogen-bond acceptors (Lipinski definition) is 5. The lowest BCUT2D eigenvalue weighted by atomic mass is 10.1. The van der Waals surface area contributed by atoms with E-state index >= 15 is 0 Å². The average molecular weight is 405 g/mol. The van der Waals surface area contributed by atoms with Gasteiger partial charge in [0.1, 0.15) is 5.50 Å². The van der Waals surface area contributed by atoms with Crippen LogP contribution < -0.4 is 11.5 Å². The molecule has 0 spiro atoms. The number of H-pyrrole nitrogens is 2. The number of nitrogens with one attached hydrogen (secondary N) is 2. The van der Waals surface area contributed by atoms with Gasteiger partial charge >= 0.3 is 0 Å². The minimum atomic E-state index is -0.125. The van der Waals surface area contributed by atoms with E-state index in [9.17, 15) is 0 Å². The molecule has 5 rings (SSSR count). The van der Waals surface area contributed by atoms with Gasteiger partial charge in [0.15, 0.2) is 0 Å². The Labute approximate surface area is 173 Å². The average Bonchev–Trinajstić information content (AvgIpc) is 3.40. The SMILES string of the molecule is Cc1n[nH]c2ccc(C3=CN(C[C@H](N)Cc4c[nH]c5ccccc45)C(N)S3)cc12. The number of rotatable bonds is 5. The number of aromatic amines is 2. The molecule has 6 N–H and O–H groups in total. The van der Waals surface area contributed by atoms with Crippen molar-refractivity contribution in [2.45, 2.75) is 24.9 Å². The molecule has 0 fully saturated rings. The minimum absolute atomic E-state index is 0.00458. The molecule has 1 aliphatic heterocycles. The first-order valence-electron chi connectivity index (χ1n) is 9.74. The van der Waals surface area contributed by atoms with Crippen LogP contribution in [-0.4, -0.2) is 38.2 Å². The van der Waals surface area contributed by atoms with Crippen LogP contribution in [0.25, 0.3) is 26.7 Å². The molecule has 0 saturated carbocycles. The van der Waals surface area contributed by atoms with Gasteiger partial charge in [-0.3, -0.25) is 5.10 Å². The standard InChI is InChI=1S/C22H24N6S/c1-13-18-9-14(6-7-20(18)27-26-13)21-12-28(22(24)29-21)11-16(23)8-15-10-25-19-5-3-2-4-17(15)19/h2-7,9-10,12,16,22,25H,8,11,23-24H2,1H3,(H,26,27)/t16-,22?/m1/s1. The van der Waals surface area contributed by atoms with E-state index in [4.69, 9.17) is 11.5 Å². The van der Waals surface area contributed by atoms with Gasteiger partial charge in [-0.25, -0.2) is 0 Å². The number of nitrogens with zero attached hydrogens (tertiary/aromatic N) is 2. The highest BCUT2D eigenvalue weighted by atomic mass is 32.2. The van der Waals surface area contributed by atoms with Crippen molar-refractivity contribution in [3.63, 3.8) is 0 Å². The van der Waals surface area contributed by atoms with E-state index in [0.717, 1.165) is 34.1 Å². The smallest absolute Gasteiger partial charge is 0.130 e. The Morgan fingerprint density at radius 3 is 2.93 bits per heavy atom. The fraction of sp³-hybridized carbons (Fsp3) is 0.227. The minimum Gasteiger partial charge on any atom is -0.361 e. The maximum atomic E-state index is 6.50. The quantitative estimate of drug-likeness (QED) is 0.408. The molecule has 0 saturated heterocycles. The predicted molar refractivity (Wildman–Crippen MR) is 121 cm³/mol. The second-order valence-corrected chi connectivity index (χ2v) is 8.75. The number of hydrogen-bond donors (Lipinski definition) is 4. The predicted octanol–water partition coefficient (Wildman–Crippen LogP) is 3.51. The van der Waals surface area contributed by atoms with Crippen LogP contribution in [0.4, 0.5) is 0 Å². The number of aryl methyl sites for hydroxylation is 1. The number of aromatic nitrogens is 3. The monoisotopic (exact) mass is 404 g/mol. The Hall–Kier alpha value is -2.74. The van der Waals surface area contributed by atoms with Gasteiger partial charge in [-0.1, -0.05) is 36.0 Å². The highest BCUT2D eigenvalue weighted by Crippen LogP contribution is 2.38. The van der Waals surface area contributed by atoms with Crippen LogP contribution in [0.5, 0.6) is 0 Å². The van der Waals surface area contributed by atoms with Crippen molar-refractivity contribution >= 4 is 38.5 Å². The lowest BCUT2D eigenvalue weighted by Crippen LogP contribution is -2.42. The van der Waals surface area contributed by atoms with E-state index in [1.54, 1.807) is 11.8 Å². The van der Waals surface area contributed by atoms with Gasteiger partial charge in [0.25, 0.3) is 0 Å². The zero-order valence-electron chi connectivity index (χ0n) is 16.2. The van der Waals surface area contributed by atoms with E-state index in [1.165, 1.54) is 15.9 Å². The summed E-state index contributed by atoms with van der Waals surface area (Å²) in [4.78, 5) is 6.63. The molecule has 3 heterocycles. The first-order chi connectivity index (χ1) is 14.1. The maximum absolute atomic E-state index is 6.50. The highest BCUT2D eigenvalue weighted by Gasteiger charge is 2.25. The van der Waals surface area contributed by atoms with Crippen LogP contribution in [0.15, 0.2) is 54.9 Å². The van der Waals surface area contributed by atoms with Crippen LogP contribution >= 0.6 is 11.8 Å². The number of para-hydroxylation sites is 1. The number of benzene rings is 2. The molecule has 148 valence electrons. The van der Waals surface area contributed by atoms with Crippen molar-refractivity contribution in [3.05, 3.63) is 71.7 Å². The van der Waals surface area contributed by atoms with Crippen LogP contribution in [0.1, 0.15) is 16.8 Å². The first kappa shape index (κ1) is 18.3. The van der Waals surface area contributed by atoms with Crippen molar-refractivity contribution in [1.29, 1.82) is 0 Å². The Morgan fingerprint density at radius 1 is 1.17 bits per heavy atom. The van der Waals surface area contributed by atoms with Crippen molar-refractivity contribution in [2.24, 2.45) is 11.5 Å². The molecule has 0 aliphatic carbocycles. The molecule has 1 aliphatic rings. The normalized spacial score (nSPS) is 18.0. The zero-order chi connectivity index (χ0) is 20.0. The van der Waals surface area contributed by atoms with Crippen molar-refractivity contribution in [3.8, 4) is 0 Å². The Kier molecular flexibility index (Phi) is 4.58. The van der Waals surface area contributed by atoms with E-state index in [1.807, 2.05) is 13.0 Å². The molecule has 2 atom stereocenters. The summed E-state index contributed by atoms with van der Waals surface area (Å²) in [7, 11) is 0. The second kappa shape index (κ2) is 7.26. The van der Waals surface area contributed by atoms with Crippen molar-refractivity contribution < 1.29 is 0 Å². The molecule has 1 unspecified atom stereocenters. The molecular weight excluding hydrogens is 380 g/mol. The van der Waals surface area contributed by atoms with Crippen molar-refractivity contribution in [2.75, 3.05) is 6.54 Å². The van der Waals surface area contributed by atoms with Gasteiger partial charge in [0, 0.05) is 46.2 Å². The van der Waals surface area contributed by atoms with Gasteiger partial charge in [-0.05, 0) is 42.7 Å². The summed E-state index contributed by atoms with van der Waals surface area (Å²) in [5.41, 5.74) is 18.4. The lowest BCUT2D eigenvalue weighted by molar-refractivity contribution is 0.338. The molecule has 6 nitrogen and oxygen atoms in total. The second-order valence-electron chi connectivity index (χ2n) is 7.59.